The molecule has 0 spiro atoms. The Kier molecular flexibility index (Phi) is 3.40. The number of nitrogens with zero attached hydrogens (tertiary/aromatic N) is 1. The zero-order chi connectivity index (χ0) is 14.3. The first kappa shape index (κ1) is 13.4. The van der Waals surface area contributed by atoms with E-state index in [4.69, 9.17) is 10.5 Å². The third kappa shape index (κ3) is 2.17. The fourth-order valence-corrected chi connectivity index (χ4v) is 3.07. The van der Waals surface area contributed by atoms with Crippen LogP contribution < -0.4 is 16.0 Å². The van der Waals surface area contributed by atoms with Crippen molar-refractivity contribution in [3.05, 3.63) is 29.8 Å². The van der Waals surface area contributed by atoms with Crippen molar-refractivity contribution in [2.75, 3.05) is 25.6 Å². The summed E-state index contributed by atoms with van der Waals surface area (Å²) in [5.41, 5.74) is 7.82. The molecule has 1 aliphatic heterocycles. The Balaban J connectivity index is 1.64. The first-order valence-electron chi connectivity index (χ1n) is 7.03. The van der Waals surface area contributed by atoms with Crippen molar-refractivity contribution in [2.24, 2.45) is 11.7 Å². The van der Waals surface area contributed by atoms with Crippen LogP contribution in [-0.2, 0) is 4.74 Å². The van der Waals surface area contributed by atoms with Crippen molar-refractivity contribution < 1.29 is 9.53 Å². The molecular formula is C15H21N3O2. The smallest absolute Gasteiger partial charge is 0.251 e. The van der Waals surface area contributed by atoms with Gasteiger partial charge < -0.3 is 20.7 Å². The molecule has 20 heavy (non-hydrogen) atoms. The van der Waals surface area contributed by atoms with Crippen LogP contribution in [0.1, 0.15) is 16.8 Å². The molecule has 3 rings (SSSR count). The lowest BCUT2D eigenvalue weighted by Gasteiger charge is -2.45. The van der Waals surface area contributed by atoms with Crippen LogP contribution in [0.2, 0.25) is 0 Å². The van der Waals surface area contributed by atoms with Gasteiger partial charge in [0.2, 0.25) is 0 Å². The van der Waals surface area contributed by atoms with Crippen LogP contribution in [0.15, 0.2) is 24.3 Å². The number of benzene rings is 1. The van der Waals surface area contributed by atoms with Crippen LogP contribution in [0.25, 0.3) is 0 Å². The summed E-state index contributed by atoms with van der Waals surface area (Å²) in [4.78, 5) is 14.2. The highest BCUT2D eigenvalue weighted by Gasteiger charge is 2.52. The van der Waals surface area contributed by atoms with Crippen molar-refractivity contribution in [2.45, 2.75) is 24.6 Å². The predicted molar refractivity (Wildman–Crippen MR) is 77.8 cm³/mol. The Hall–Kier alpha value is -1.59. The van der Waals surface area contributed by atoms with Gasteiger partial charge in [-0.05, 0) is 30.7 Å². The number of anilines is 1. The SMILES string of the molecule is CN(C)c1ccc(C(=O)NC2C(N)C3CCOC32)cc1. The first-order valence-corrected chi connectivity index (χ1v) is 7.03. The lowest BCUT2D eigenvalue weighted by molar-refractivity contribution is -0.0161. The van der Waals surface area contributed by atoms with E-state index in [1.807, 2.05) is 43.3 Å². The number of nitrogens with one attached hydrogen (secondary N) is 1. The Morgan fingerprint density at radius 2 is 2.05 bits per heavy atom. The summed E-state index contributed by atoms with van der Waals surface area (Å²) in [6, 6.07) is 7.51. The van der Waals surface area contributed by atoms with Gasteiger partial charge in [0, 0.05) is 43.9 Å². The van der Waals surface area contributed by atoms with Crippen molar-refractivity contribution in [3.8, 4) is 0 Å². The zero-order valence-corrected chi connectivity index (χ0v) is 11.9. The molecule has 0 radical (unpaired) electrons. The molecule has 2 aliphatic rings. The number of ether oxygens (including phenoxy) is 1. The predicted octanol–water partition coefficient (Wildman–Crippen LogP) is 0.597. The topological polar surface area (TPSA) is 67.6 Å². The number of hydrogen-bond acceptors (Lipinski definition) is 4. The van der Waals surface area contributed by atoms with E-state index in [-0.39, 0.29) is 24.1 Å². The number of rotatable bonds is 3. The fraction of sp³-hybridized carbons (Fsp3) is 0.533. The minimum absolute atomic E-state index is 0.0208. The lowest BCUT2D eigenvalue weighted by atomic mass is 9.72. The van der Waals surface area contributed by atoms with Crippen molar-refractivity contribution in [3.63, 3.8) is 0 Å². The Morgan fingerprint density at radius 1 is 1.35 bits per heavy atom. The number of hydrogen-bond donors (Lipinski definition) is 2. The highest BCUT2D eigenvalue weighted by atomic mass is 16.5. The monoisotopic (exact) mass is 275 g/mol. The standard InChI is InChI=1S/C15H21N3O2/c1-18(2)10-5-3-9(4-6-10)15(19)17-13-12(16)11-7-8-20-14(11)13/h3-6,11-14H,7-8,16H2,1-2H3,(H,17,19). The molecule has 5 heteroatoms. The van der Waals surface area contributed by atoms with Gasteiger partial charge in [-0.2, -0.15) is 0 Å². The Labute approximate surface area is 119 Å². The second-order valence-electron chi connectivity index (χ2n) is 5.81. The first-order chi connectivity index (χ1) is 9.58. The van der Waals surface area contributed by atoms with Crippen LogP contribution in [0, 0.1) is 5.92 Å². The largest absolute Gasteiger partial charge is 0.378 e. The van der Waals surface area contributed by atoms with Gasteiger partial charge in [0.05, 0.1) is 12.1 Å². The van der Waals surface area contributed by atoms with E-state index in [0.717, 1.165) is 18.7 Å². The summed E-state index contributed by atoms with van der Waals surface area (Å²) in [5, 5.41) is 3.00. The highest BCUT2D eigenvalue weighted by Crippen LogP contribution is 2.37. The number of nitrogens with two attached hydrogens (primary N) is 1. The van der Waals surface area contributed by atoms with E-state index in [1.165, 1.54) is 0 Å². The normalized spacial score (nSPS) is 31.4. The Morgan fingerprint density at radius 3 is 2.70 bits per heavy atom. The van der Waals surface area contributed by atoms with Crippen LogP contribution in [0.3, 0.4) is 0 Å². The van der Waals surface area contributed by atoms with Gasteiger partial charge in [0.15, 0.2) is 0 Å². The molecule has 1 amide bonds. The van der Waals surface area contributed by atoms with Crippen LogP contribution >= 0.6 is 0 Å². The van der Waals surface area contributed by atoms with Crippen LogP contribution in [0.4, 0.5) is 5.69 Å². The lowest BCUT2D eigenvalue weighted by Crippen LogP contribution is -2.68. The molecule has 0 bridgehead atoms. The van der Waals surface area contributed by atoms with Crippen molar-refractivity contribution in [1.29, 1.82) is 0 Å². The van der Waals surface area contributed by atoms with Gasteiger partial charge in [-0.25, -0.2) is 0 Å². The maximum atomic E-state index is 12.2. The van der Waals surface area contributed by atoms with E-state index < -0.39 is 0 Å². The molecule has 1 heterocycles. The summed E-state index contributed by atoms with van der Waals surface area (Å²) >= 11 is 0. The maximum Gasteiger partial charge on any atom is 0.251 e. The second kappa shape index (κ2) is 5.07. The van der Waals surface area contributed by atoms with Crippen LogP contribution in [0.5, 0.6) is 0 Å². The van der Waals surface area contributed by atoms with Gasteiger partial charge in [-0.1, -0.05) is 0 Å². The fourth-order valence-electron chi connectivity index (χ4n) is 3.07. The molecule has 108 valence electrons. The number of carbonyl (C=O) groups excluding carboxylic acids is 1. The van der Waals surface area contributed by atoms with Crippen LogP contribution in [-0.4, -0.2) is 44.8 Å². The minimum Gasteiger partial charge on any atom is -0.378 e. The molecule has 1 saturated carbocycles. The summed E-state index contributed by atoms with van der Waals surface area (Å²) in [6.07, 6.45) is 1.12. The molecule has 3 N–H and O–H groups in total. The zero-order valence-electron chi connectivity index (χ0n) is 11.9. The third-order valence-electron chi connectivity index (χ3n) is 4.39. The number of carbonyl (C=O) groups is 1. The molecule has 2 fully saturated rings. The van der Waals surface area contributed by atoms with E-state index in [2.05, 4.69) is 5.32 Å². The van der Waals surface area contributed by atoms with Gasteiger partial charge >= 0.3 is 0 Å². The van der Waals surface area contributed by atoms with Gasteiger partial charge in [0.25, 0.3) is 5.91 Å². The quantitative estimate of drug-likeness (QED) is 0.847. The Bertz CT molecular complexity index is 500. The summed E-state index contributed by atoms with van der Waals surface area (Å²) in [5.74, 6) is 0.334. The molecule has 1 aliphatic carbocycles. The van der Waals surface area contributed by atoms with Crippen molar-refractivity contribution >= 4 is 11.6 Å². The highest BCUT2D eigenvalue weighted by molar-refractivity contribution is 5.94. The molecule has 0 aromatic heterocycles. The molecule has 1 saturated heterocycles. The summed E-state index contributed by atoms with van der Waals surface area (Å²) in [7, 11) is 3.94. The molecule has 5 nitrogen and oxygen atoms in total. The molecule has 1 aromatic carbocycles. The third-order valence-corrected chi connectivity index (χ3v) is 4.39. The second-order valence-corrected chi connectivity index (χ2v) is 5.81. The average Bonchev–Trinajstić information content (AvgIpc) is 2.89. The molecule has 4 atom stereocenters. The number of fused-ring (bicyclic) bond motifs is 1. The van der Waals surface area contributed by atoms with Gasteiger partial charge in [-0.3, -0.25) is 4.79 Å². The molecular weight excluding hydrogens is 254 g/mol. The van der Waals surface area contributed by atoms with Crippen molar-refractivity contribution in [1.82, 2.24) is 5.32 Å². The molecule has 4 unspecified atom stereocenters. The van der Waals surface area contributed by atoms with Gasteiger partial charge in [-0.15, -0.1) is 0 Å². The summed E-state index contributed by atoms with van der Waals surface area (Å²) < 4.78 is 5.62. The summed E-state index contributed by atoms with van der Waals surface area (Å²) in [6.45, 7) is 0.757. The van der Waals surface area contributed by atoms with Gasteiger partial charge in [0.1, 0.15) is 0 Å². The average molecular weight is 275 g/mol. The number of amides is 1. The van der Waals surface area contributed by atoms with E-state index in [9.17, 15) is 4.79 Å². The molecule has 1 aromatic rings. The van der Waals surface area contributed by atoms with E-state index >= 15 is 0 Å². The maximum absolute atomic E-state index is 12.2. The van der Waals surface area contributed by atoms with E-state index in [1.54, 1.807) is 0 Å². The minimum atomic E-state index is -0.0790. The van der Waals surface area contributed by atoms with E-state index in [0.29, 0.717) is 11.5 Å².